The number of hydrogen-bond donors (Lipinski definition) is 1. The molecule has 0 radical (unpaired) electrons. The van der Waals surface area contributed by atoms with Gasteiger partial charge in [-0.15, -0.1) is 0 Å². The van der Waals surface area contributed by atoms with E-state index < -0.39 is 0 Å². The van der Waals surface area contributed by atoms with Crippen molar-refractivity contribution in [1.82, 2.24) is 0 Å². The number of halogens is 2. The van der Waals surface area contributed by atoms with Crippen LogP contribution in [0.3, 0.4) is 0 Å². The lowest BCUT2D eigenvalue weighted by molar-refractivity contribution is 0.281. The van der Waals surface area contributed by atoms with Gasteiger partial charge in [-0.3, -0.25) is 0 Å². The number of benzene rings is 2. The van der Waals surface area contributed by atoms with Gasteiger partial charge in [0, 0.05) is 5.02 Å². The molecule has 0 saturated carbocycles. The van der Waals surface area contributed by atoms with Crippen molar-refractivity contribution in [2.75, 3.05) is 0 Å². The fourth-order valence-corrected chi connectivity index (χ4v) is 3.09. The van der Waals surface area contributed by atoms with E-state index in [0.29, 0.717) is 33.7 Å². The molecule has 0 aliphatic rings. The van der Waals surface area contributed by atoms with Crippen molar-refractivity contribution in [2.24, 2.45) is 0 Å². The molecule has 1 atom stereocenters. The summed E-state index contributed by atoms with van der Waals surface area (Å²) in [5.74, 6) is -0.155. The largest absolute Gasteiger partial charge is 0.392 e. The van der Waals surface area contributed by atoms with Gasteiger partial charge < -0.3 is 5.11 Å². The Morgan fingerprint density at radius 1 is 1.17 bits per heavy atom. The van der Waals surface area contributed by atoms with E-state index in [2.05, 4.69) is 6.07 Å². The van der Waals surface area contributed by atoms with Crippen LogP contribution >= 0.6 is 11.6 Å². The third-order valence-corrected chi connectivity index (χ3v) is 4.40. The molecule has 2 nitrogen and oxygen atoms in total. The molecule has 2 rings (SSSR count). The molecule has 0 amide bonds. The molecule has 0 aliphatic heterocycles. The summed E-state index contributed by atoms with van der Waals surface area (Å²) in [6.45, 7) is 5.73. The van der Waals surface area contributed by atoms with E-state index in [1.165, 1.54) is 0 Å². The SMILES string of the molecule is CC(C)c1cc(Cl)cc(CC(C)c2cc(C#N)cc(CO)c2)c1F. The summed E-state index contributed by atoms with van der Waals surface area (Å²) in [6, 6.07) is 10.7. The first kappa shape index (κ1) is 18.4. The molecule has 24 heavy (non-hydrogen) atoms. The van der Waals surface area contributed by atoms with Crippen molar-refractivity contribution < 1.29 is 9.50 Å². The summed E-state index contributed by atoms with van der Waals surface area (Å²) >= 11 is 6.15. The van der Waals surface area contributed by atoms with E-state index in [0.717, 1.165) is 5.56 Å². The van der Waals surface area contributed by atoms with Crippen molar-refractivity contribution in [2.45, 2.75) is 45.6 Å². The maximum Gasteiger partial charge on any atom is 0.129 e. The van der Waals surface area contributed by atoms with E-state index in [1.807, 2.05) is 26.8 Å². The van der Waals surface area contributed by atoms with Gasteiger partial charge in [-0.2, -0.15) is 5.26 Å². The zero-order valence-electron chi connectivity index (χ0n) is 14.1. The normalized spacial score (nSPS) is 12.2. The first-order chi connectivity index (χ1) is 11.3. The minimum atomic E-state index is -0.208. The molecule has 0 aromatic heterocycles. The molecule has 0 heterocycles. The van der Waals surface area contributed by atoms with Crippen molar-refractivity contribution in [3.63, 3.8) is 0 Å². The molecule has 4 heteroatoms. The summed E-state index contributed by atoms with van der Waals surface area (Å²) < 4.78 is 14.7. The first-order valence-electron chi connectivity index (χ1n) is 7.98. The summed E-state index contributed by atoms with van der Waals surface area (Å²) in [5.41, 5.74) is 3.28. The van der Waals surface area contributed by atoms with E-state index in [1.54, 1.807) is 24.3 Å². The summed E-state index contributed by atoms with van der Waals surface area (Å²) in [7, 11) is 0. The van der Waals surface area contributed by atoms with E-state index in [9.17, 15) is 9.50 Å². The molecule has 0 aliphatic carbocycles. The fourth-order valence-electron chi connectivity index (χ4n) is 2.84. The Hall–Kier alpha value is -1.89. The van der Waals surface area contributed by atoms with Crippen LogP contribution in [0.2, 0.25) is 5.02 Å². The van der Waals surface area contributed by atoms with Gasteiger partial charge in [0.15, 0.2) is 0 Å². The Morgan fingerprint density at radius 3 is 2.46 bits per heavy atom. The molecule has 0 bridgehead atoms. The van der Waals surface area contributed by atoms with Crippen LogP contribution in [0, 0.1) is 17.1 Å². The van der Waals surface area contributed by atoms with Gasteiger partial charge in [0.2, 0.25) is 0 Å². The van der Waals surface area contributed by atoms with E-state index in [4.69, 9.17) is 16.9 Å². The highest BCUT2D eigenvalue weighted by Crippen LogP contribution is 2.30. The Labute approximate surface area is 147 Å². The number of aliphatic hydroxyl groups excluding tert-OH is 1. The molecule has 0 fully saturated rings. The lowest BCUT2D eigenvalue weighted by atomic mass is 9.89. The average molecular weight is 346 g/mol. The van der Waals surface area contributed by atoms with E-state index >= 15 is 0 Å². The molecular weight excluding hydrogens is 325 g/mol. The third kappa shape index (κ3) is 4.14. The van der Waals surface area contributed by atoms with Gasteiger partial charge in [-0.05, 0) is 64.8 Å². The number of nitriles is 1. The highest BCUT2D eigenvalue weighted by atomic mass is 35.5. The summed E-state index contributed by atoms with van der Waals surface area (Å²) in [6.07, 6.45) is 0.478. The second kappa shape index (κ2) is 7.79. The molecular formula is C20H21ClFNO. The number of aliphatic hydroxyl groups is 1. The van der Waals surface area contributed by atoms with Gasteiger partial charge >= 0.3 is 0 Å². The van der Waals surface area contributed by atoms with Crippen LogP contribution in [0.4, 0.5) is 4.39 Å². The highest BCUT2D eigenvalue weighted by Gasteiger charge is 2.17. The van der Waals surface area contributed by atoms with Crippen LogP contribution in [0.25, 0.3) is 0 Å². The third-order valence-electron chi connectivity index (χ3n) is 4.18. The predicted molar refractivity (Wildman–Crippen MR) is 94.7 cm³/mol. The monoisotopic (exact) mass is 345 g/mol. The molecule has 126 valence electrons. The van der Waals surface area contributed by atoms with Crippen molar-refractivity contribution in [3.05, 3.63) is 69.0 Å². The van der Waals surface area contributed by atoms with Crippen molar-refractivity contribution >= 4 is 11.6 Å². The zero-order valence-corrected chi connectivity index (χ0v) is 14.9. The molecule has 0 saturated heterocycles. The predicted octanol–water partition coefficient (Wildman–Crippen LogP) is 5.31. The van der Waals surface area contributed by atoms with Crippen molar-refractivity contribution in [3.8, 4) is 6.07 Å². The van der Waals surface area contributed by atoms with Gasteiger partial charge in [0.05, 0.1) is 18.2 Å². The van der Waals surface area contributed by atoms with E-state index in [-0.39, 0.29) is 24.3 Å². The number of hydrogen-bond acceptors (Lipinski definition) is 2. The maximum atomic E-state index is 14.7. The second-order valence-electron chi connectivity index (χ2n) is 6.46. The van der Waals surface area contributed by atoms with Crippen LogP contribution in [-0.2, 0) is 13.0 Å². The van der Waals surface area contributed by atoms with Crippen LogP contribution in [0.5, 0.6) is 0 Å². The summed E-state index contributed by atoms with van der Waals surface area (Å²) in [5, 5.41) is 19.0. The average Bonchev–Trinajstić information content (AvgIpc) is 2.56. The van der Waals surface area contributed by atoms with Gasteiger partial charge in [-0.25, -0.2) is 4.39 Å². The van der Waals surface area contributed by atoms with Crippen LogP contribution in [-0.4, -0.2) is 5.11 Å². The molecule has 1 unspecified atom stereocenters. The fraction of sp³-hybridized carbons (Fsp3) is 0.350. The molecule has 2 aromatic carbocycles. The summed E-state index contributed by atoms with van der Waals surface area (Å²) in [4.78, 5) is 0. The minimum Gasteiger partial charge on any atom is -0.392 e. The zero-order chi connectivity index (χ0) is 17.9. The highest BCUT2D eigenvalue weighted by molar-refractivity contribution is 6.30. The lowest BCUT2D eigenvalue weighted by Crippen LogP contribution is -2.05. The van der Waals surface area contributed by atoms with Crippen LogP contribution in [0.15, 0.2) is 30.3 Å². The smallest absolute Gasteiger partial charge is 0.129 e. The van der Waals surface area contributed by atoms with Crippen LogP contribution < -0.4 is 0 Å². The van der Waals surface area contributed by atoms with Crippen LogP contribution in [0.1, 0.15) is 60.4 Å². The molecule has 1 N–H and O–H groups in total. The second-order valence-corrected chi connectivity index (χ2v) is 6.90. The minimum absolute atomic E-state index is 0.00317. The Kier molecular flexibility index (Phi) is 5.99. The lowest BCUT2D eigenvalue weighted by Gasteiger charge is -2.17. The molecule has 2 aromatic rings. The van der Waals surface area contributed by atoms with Gasteiger partial charge in [-0.1, -0.05) is 38.4 Å². The Bertz CT molecular complexity index is 780. The van der Waals surface area contributed by atoms with Crippen molar-refractivity contribution in [1.29, 1.82) is 5.26 Å². The van der Waals surface area contributed by atoms with Gasteiger partial charge in [0.25, 0.3) is 0 Å². The quantitative estimate of drug-likeness (QED) is 0.797. The topological polar surface area (TPSA) is 44.0 Å². The standard InChI is InChI=1S/C20H21ClFNO/c1-12(2)19-9-18(21)8-17(20(19)22)4-13(3)16-6-14(10-23)5-15(7-16)11-24/h5-9,12-13,24H,4,11H2,1-3H3. The maximum absolute atomic E-state index is 14.7. The Morgan fingerprint density at radius 2 is 1.88 bits per heavy atom. The Balaban J connectivity index is 2.37. The van der Waals surface area contributed by atoms with Gasteiger partial charge in [0.1, 0.15) is 5.82 Å². The number of rotatable bonds is 5. The number of nitrogens with zero attached hydrogens (tertiary/aromatic N) is 1. The molecule has 0 spiro atoms. The first-order valence-corrected chi connectivity index (χ1v) is 8.36.